The predicted molar refractivity (Wildman–Crippen MR) is 75.9 cm³/mol. The van der Waals surface area contributed by atoms with E-state index in [4.69, 9.17) is 0 Å². The van der Waals surface area contributed by atoms with E-state index in [0.717, 1.165) is 20.6 Å². The summed E-state index contributed by atoms with van der Waals surface area (Å²) in [5.41, 5.74) is 1.12. The van der Waals surface area contributed by atoms with Crippen LogP contribution in [0.3, 0.4) is 0 Å². The number of anilines is 1. The molecule has 0 spiro atoms. The van der Waals surface area contributed by atoms with Gasteiger partial charge in [-0.25, -0.2) is 9.03 Å². The second-order valence-electron chi connectivity index (χ2n) is 4.73. The van der Waals surface area contributed by atoms with Crippen molar-refractivity contribution in [2.24, 2.45) is 0 Å². The molecule has 0 atom stereocenters. The van der Waals surface area contributed by atoms with Crippen molar-refractivity contribution in [3.05, 3.63) is 35.9 Å². The summed E-state index contributed by atoms with van der Waals surface area (Å²) >= 11 is 0. The first-order chi connectivity index (χ1) is 9.37. The number of aryl methyl sites for hydroxylation is 1. The zero-order chi connectivity index (χ0) is 14.5. The van der Waals surface area contributed by atoms with Crippen molar-refractivity contribution in [2.45, 2.75) is 6.92 Å². The Bertz CT molecular complexity index is 841. The summed E-state index contributed by atoms with van der Waals surface area (Å²) in [5, 5.41) is 11.6. The molecular formula is C13H13KN2O4S. The Morgan fingerprint density at radius 3 is 2.57 bits per heavy atom. The monoisotopic (exact) mass is 332 g/mol. The standard InChI is InChI=1S/C13H12N2O4S.K.H/c1-8-2-3-9-6-12(16)11(5-10(9)4-8)15-7-13(17)14-20(15,18)19;;/h2-6,16H,7H2,1H3,(H,14,17);;/q;+1;-1. The Morgan fingerprint density at radius 1 is 1.24 bits per heavy atom. The number of amides is 1. The van der Waals surface area contributed by atoms with Gasteiger partial charge in [0.1, 0.15) is 12.3 Å². The molecule has 1 fully saturated rings. The van der Waals surface area contributed by atoms with Gasteiger partial charge in [-0.15, -0.1) is 0 Å². The molecule has 0 bridgehead atoms. The fourth-order valence-corrected chi connectivity index (χ4v) is 3.41. The predicted octanol–water partition coefficient (Wildman–Crippen LogP) is -1.85. The van der Waals surface area contributed by atoms with E-state index in [1.807, 2.05) is 29.8 Å². The summed E-state index contributed by atoms with van der Waals surface area (Å²) in [6.07, 6.45) is 0. The van der Waals surface area contributed by atoms with Crippen molar-refractivity contribution in [1.82, 2.24) is 4.72 Å². The van der Waals surface area contributed by atoms with Crippen LogP contribution in [0, 0.1) is 6.92 Å². The normalized spacial score (nSPS) is 16.6. The van der Waals surface area contributed by atoms with Crippen molar-refractivity contribution < 1.29 is 71.1 Å². The van der Waals surface area contributed by atoms with Gasteiger partial charge in [0, 0.05) is 0 Å². The first-order valence-electron chi connectivity index (χ1n) is 5.93. The van der Waals surface area contributed by atoms with Crippen molar-refractivity contribution >= 4 is 32.6 Å². The number of fused-ring (bicyclic) bond motifs is 1. The fourth-order valence-electron chi connectivity index (χ4n) is 2.25. The molecule has 3 rings (SSSR count). The largest absolute Gasteiger partial charge is 1.00 e. The van der Waals surface area contributed by atoms with E-state index >= 15 is 0 Å². The molecule has 21 heavy (non-hydrogen) atoms. The van der Waals surface area contributed by atoms with Crippen LogP contribution < -0.4 is 60.4 Å². The van der Waals surface area contributed by atoms with Gasteiger partial charge in [0.25, 0.3) is 5.91 Å². The van der Waals surface area contributed by atoms with Crippen LogP contribution in [0.15, 0.2) is 30.3 Å². The van der Waals surface area contributed by atoms with Gasteiger partial charge in [0.15, 0.2) is 0 Å². The summed E-state index contributed by atoms with van der Waals surface area (Å²) < 4.78 is 26.4. The topological polar surface area (TPSA) is 86.7 Å². The van der Waals surface area contributed by atoms with Crippen LogP contribution in [0.5, 0.6) is 5.75 Å². The molecule has 1 amide bonds. The second kappa shape index (κ2) is 5.86. The maximum atomic E-state index is 11.8. The van der Waals surface area contributed by atoms with E-state index in [1.165, 1.54) is 6.07 Å². The van der Waals surface area contributed by atoms with Crippen LogP contribution in [0.1, 0.15) is 6.99 Å². The van der Waals surface area contributed by atoms with E-state index in [-0.39, 0.29) is 70.8 Å². The van der Waals surface area contributed by atoms with Crippen molar-refractivity contribution in [2.75, 3.05) is 10.8 Å². The molecule has 2 aromatic rings. The van der Waals surface area contributed by atoms with Gasteiger partial charge in [-0.3, -0.25) is 4.79 Å². The summed E-state index contributed by atoms with van der Waals surface area (Å²) in [5.74, 6) is -0.796. The van der Waals surface area contributed by atoms with E-state index < -0.39 is 16.1 Å². The minimum absolute atomic E-state index is 0. The molecule has 0 radical (unpaired) electrons. The number of carbonyl (C=O) groups excluding carboxylic acids is 1. The molecule has 2 aromatic carbocycles. The first-order valence-corrected chi connectivity index (χ1v) is 7.37. The summed E-state index contributed by atoms with van der Waals surface area (Å²) in [4.78, 5) is 11.3. The molecular weight excluding hydrogens is 319 g/mol. The minimum Gasteiger partial charge on any atom is -1.00 e. The Hall–Kier alpha value is -0.644. The summed E-state index contributed by atoms with van der Waals surface area (Å²) in [6.45, 7) is 1.59. The minimum atomic E-state index is -3.92. The molecule has 0 aliphatic carbocycles. The van der Waals surface area contributed by atoms with Crippen molar-refractivity contribution in [1.29, 1.82) is 0 Å². The molecule has 1 heterocycles. The molecule has 0 saturated carbocycles. The molecule has 1 aliphatic heterocycles. The molecule has 1 aliphatic rings. The number of aromatic hydroxyl groups is 1. The van der Waals surface area contributed by atoms with Gasteiger partial charge >= 0.3 is 61.6 Å². The van der Waals surface area contributed by atoms with Crippen LogP contribution in [-0.4, -0.2) is 26.0 Å². The zero-order valence-electron chi connectivity index (χ0n) is 12.6. The number of phenols is 1. The van der Waals surface area contributed by atoms with Gasteiger partial charge in [-0.2, -0.15) is 8.42 Å². The quantitative estimate of drug-likeness (QED) is 0.601. The molecule has 6 nitrogen and oxygen atoms in total. The number of rotatable bonds is 1. The van der Waals surface area contributed by atoms with Gasteiger partial charge in [-0.1, -0.05) is 23.8 Å². The molecule has 0 unspecified atom stereocenters. The van der Waals surface area contributed by atoms with Crippen LogP contribution >= 0.6 is 0 Å². The number of hydrogen-bond acceptors (Lipinski definition) is 4. The van der Waals surface area contributed by atoms with Crippen molar-refractivity contribution in [3.8, 4) is 5.75 Å². The van der Waals surface area contributed by atoms with Crippen LogP contribution in [0.4, 0.5) is 5.69 Å². The number of carbonyl (C=O) groups is 1. The average Bonchev–Trinajstić information content (AvgIpc) is 2.62. The molecule has 8 heteroatoms. The van der Waals surface area contributed by atoms with Crippen LogP contribution in [0.2, 0.25) is 0 Å². The number of nitrogens with one attached hydrogen (secondary N) is 1. The third kappa shape index (κ3) is 3.10. The number of benzene rings is 2. The average molecular weight is 332 g/mol. The molecule has 1 saturated heterocycles. The van der Waals surface area contributed by atoms with E-state index in [0.29, 0.717) is 0 Å². The van der Waals surface area contributed by atoms with Gasteiger partial charge < -0.3 is 6.53 Å². The van der Waals surface area contributed by atoms with Gasteiger partial charge in [-0.05, 0) is 29.8 Å². The number of nitrogens with zero attached hydrogens (tertiary/aromatic N) is 1. The van der Waals surface area contributed by atoms with Crippen LogP contribution in [0.25, 0.3) is 10.8 Å². The second-order valence-corrected chi connectivity index (χ2v) is 6.32. The Morgan fingerprint density at radius 2 is 1.95 bits per heavy atom. The maximum Gasteiger partial charge on any atom is 1.00 e. The van der Waals surface area contributed by atoms with E-state index in [2.05, 4.69) is 0 Å². The molecule has 2 N–H and O–H groups in total. The Labute approximate surface area is 166 Å². The summed E-state index contributed by atoms with van der Waals surface area (Å²) in [6, 6.07) is 8.68. The maximum absolute atomic E-state index is 11.8. The third-order valence-corrected chi connectivity index (χ3v) is 4.57. The first kappa shape index (κ1) is 16.7. The molecule has 106 valence electrons. The van der Waals surface area contributed by atoms with E-state index in [9.17, 15) is 18.3 Å². The SMILES string of the molecule is Cc1ccc2cc(O)c(N3CC(=O)NS3(=O)=O)cc2c1.[H-].[K+]. The van der Waals surface area contributed by atoms with Gasteiger partial charge in [0.05, 0.1) is 5.69 Å². The fraction of sp³-hybridized carbons (Fsp3) is 0.154. The van der Waals surface area contributed by atoms with Crippen LogP contribution in [-0.2, 0) is 15.0 Å². The number of phenolic OH excluding ortho intramolecular Hbond substituents is 1. The van der Waals surface area contributed by atoms with Gasteiger partial charge in [0.2, 0.25) is 0 Å². The van der Waals surface area contributed by atoms with E-state index in [1.54, 1.807) is 6.07 Å². The Balaban J connectivity index is 0.00000121. The smallest absolute Gasteiger partial charge is 1.00 e. The number of hydrogen-bond donors (Lipinski definition) is 2. The zero-order valence-corrected chi connectivity index (χ0v) is 15.6. The molecule has 0 aromatic heterocycles. The Kier molecular flexibility index (Phi) is 4.67. The van der Waals surface area contributed by atoms with Crippen molar-refractivity contribution in [3.63, 3.8) is 0 Å². The summed E-state index contributed by atoms with van der Waals surface area (Å²) in [7, 11) is -3.92. The third-order valence-electron chi connectivity index (χ3n) is 3.18.